The van der Waals surface area contributed by atoms with Crippen molar-refractivity contribution in [3.8, 4) is 0 Å². The molecule has 24 heavy (non-hydrogen) atoms. The molecule has 2 rings (SSSR count). The molecule has 132 valence electrons. The summed E-state index contributed by atoms with van der Waals surface area (Å²) in [7, 11) is 0. The zero-order chi connectivity index (χ0) is 18.1. The molecule has 1 saturated heterocycles. The Balaban J connectivity index is 0.000000307. The molecule has 0 spiro atoms. The van der Waals surface area contributed by atoms with Crippen LogP contribution in [0.2, 0.25) is 0 Å². The van der Waals surface area contributed by atoms with Gasteiger partial charge in [-0.15, -0.1) is 0 Å². The molecule has 0 aliphatic carbocycles. The Labute approximate surface area is 140 Å². The van der Waals surface area contributed by atoms with E-state index in [0.29, 0.717) is 30.1 Å². The third-order valence-electron chi connectivity index (χ3n) is 3.05. The maximum absolute atomic E-state index is 9.55. The van der Waals surface area contributed by atoms with E-state index in [1.807, 2.05) is 6.07 Å². The number of rotatable bonds is 6. The first kappa shape index (κ1) is 19.4. The van der Waals surface area contributed by atoms with E-state index in [1.54, 1.807) is 6.20 Å². The van der Waals surface area contributed by atoms with Crippen molar-refractivity contribution in [1.82, 2.24) is 15.3 Å². The van der Waals surface area contributed by atoms with E-state index < -0.39 is 11.9 Å². The van der Waals surface area contributed by atoms with Gasteiger partial charge in [-0.2, -0.15) is 4.98 Å². The average Bonchev–Trinajstić information content (AvgIpc) is 2.44. The molecule has 0 atom stereocenters. The Morgan fingerprint density at radius 2 is 1.96 bits per heavy atom. The van der Waals surface area contributed by atoms with Crippen LogP contribution in [0.4, 0.5) is 11.8 Å². The number of carboxylic acid groups (broad SMARTS) is 2. The number of hydrogen-bond donors (Lipinski definition) is 4. The highest BCUT2D eigenvalue weighted by molar-refractivity contribution is 5.89. The van der Waals surface area contributed by atoms with Crippen molar-refractivity contribution in [3.05, 3.63) is 24.4 Å². The van der Waals surface area contributed by atoms with Gasteiger partial charge >= 0.3 is 11.9 Å². The van der Waals surface area contributed by atoms with Crippen LogP contribution in [-0.4, -0.2) is 57.8 Å². The lowest BCUT2D eigenvalue weighted by atomic mass is 10.1. The summed E-state index contributed by atoms with van der Waals surface area (Å²) in [4.78, 5) is 29.4. The molecule has 0 amide bonds. The van der Waals surface area contributed by atoms with Gasteiger partial charge in [0.1, 0.15) is 5.82 Å². The quantitative estimate of drug-likeness (QED) is 0.536. The van der Waals surface area contributed by atoms with Gasteiger partial charge in [0.15, 0.2) is 0 Å². The molecule has 5 N–H and O–H groups in total. The monoisotopic (exact) mass is 337 g/mol. The van der Waals surface area contributed by atoms with Crippen molar-refractivity contribution < 1.29 is 19.8 Å². The first-order valence-electron chi connectivity index (χ1n) is 7.48. The molecule has 0 bridgehead atoms. The van der Waals surface area contributed by atoms with Crippen molar-refractivity contribution >= 4 is 23.7 Å². The van der Waals surface area contributed by atoms with Gasteiger partial charge in [0.2, 0.25) is 5.95 Å². The smallest absolute Gasteiger partial charge is 0.328 e. The fourth-order valence-electron chi connectivity index (χ4n) is 1.88. The van der Waals surface area contributed by atoms with Gasteiger partial charge in [0.25, 0.3) is 0 Å². The predicted molar refractivity (Wildman–Crippen MR) is 89.7 cm³/mol. The Kier molecular flexibility index (Phi) is 7.63. The molecule has 1 aliphatic rings. The van der Waals surface area contributed by atoms with Gasteiger partial charge in [-0.25, -0.2) is 14.6 Å². The van der Waals surface area contributed by atoms with E-state index >= 15 is 0 Å². The lowest BCUT2D eigenvalue weighted by Crippen LogP contribution is -2.59. The number of carbonyl (C=O) groups is 2. The Bertz CT molecular complexity index is 569. The number of carboxylic acids is 2. The summed E-state index contributed by atoms with van der Waals surface area (Å²) in [6.07, 6.45) is 2.82. The first-order valence-corrected chi connectivity index (χ1v) is 7.48. The zero-order valence-corrected chi connectivity index (χ0v) is 13.7. The summed E-state index contributed by atoms with van der Waals surface area (Å²) < 4.78 is 0. The van der Waals surface area contributed by atoms with Crippen LogP contribution >= 0.6 is 0 Å². The van der Waals surface area contributed by atoms with E-state index in [9.17, 15) is 9.59 Å². The van der Waals surface area contributed by atoms with Gasteiger partial charge in [0.05, 0.1) is 0 Å². The van der Waals surface area contributed by atoms with Gasteiger partial charge in [-0.1, -0.05) is 13.8 Å². The minimum Gasteiger partial charge on any atom is -0.478 e. The number of nitrogens with zero attached hydrogens (tertiary/aromatic N) is 3. The number of aromatic nitrogens is 2. The molecule has 1 aromatic heterocycles. The minimum absolute atomic E-state index is 0.344. The molecular weight excluding hydrogens is 314 g/mol. The minimum atomic E-state index is -1.26. The molecule has 0 radical (unpaired) electrons. The molecule has 1 fully saturated rings. The topological polar surface area (TPSA) is 142 Å². The van der Waals surface area contributed by atoms with Crippen LogP contribution in [0.1, 0.15) is 13.8 Å². The van der Waals surface area contributed by atoms with Crippen LogP contribution in [0.25, 0.3) is 0 Å². The molecule has 0 unspecified atom stereocenters. The Morgan fingerprint density at radius 3 is 2.42 bits per heavy atom. The Morgan fingerprint density at radius 1 is 1.38 bits per heavy atom. The molecule has 9 heteroatoms. The number of anilines is 2. The SMILES string of the molecule is CC(C)CNC1CN(c2ccnc(N)n2)C1.O=C(O)/C=C/C(=O)O. The summed E-state index contributed by atoms with van der Waals surface area (Å²) in [5.41, 5.74) is 5.54. The normalized spacial score (nSPS) is 14.2. The van der Waals surface area contributed by atoms with Crippen molar-refractivity contribution in [2.45, 2.75) is 19.9 Å². The highest BCUT2D eigenvalue weighted by Crippen LogP contribution is 2.18. The number of aliphatic carboxylic acids is 2. The van der Waals surface area contributed by atoms with Gasteiger partial charge < -0.3 is 26.2 Å². The van der Waals surface area contributed by atoms with Crippen molar-refractivity contribution in [1.29, 1.82) is 0 Å². The number of nitrogens with two attached hydrogens (primary N) is 1. The number of nitrogens with one attached hydrogen (secondary N) is 1. The van der Waals surface area contributed by atoms with E-state index in [2.05, 4.69) is 34.0 Å². The second-order valence-electron chi connectivity index (χ2n) is 5.69. The molecule has 9 nitrogen and oxygen atoms in total. The maximum Gasteiger partial charge on any atom is 0.328 e. The molecule has 1 aromatic rings. The van der Waals surface area contributed by atoms with Crippen molar-refractivity contribution in [2.75, 3.05) is 30.3 Å². The van der Waals surface area contributed by atoms with E-state index in [-0.39, 0.29) is 0 Å². The van der Waals surface area contributed by atoms with Crippen LogP contribution in [0.15, 0.2) is 24.4 Å². The van der Waals surface area contributed by atoms with Gasteiger partial charge in [0, 0.05) is 37.5 Å². The summed E-state index contributed by atoms with van der Waals surface area (Å²) in [5.74, 6) is -0.547. The maximum atomic E-state index is 9.55. The van der Waals surface area contributed by atoms with Crippen LogP contribution in [0.3, 0.4) is 0 Å². The van der Waals surface area contributed by atoms with Crippen LogP contribution in [-0.2, 0) is 9.59 Å². The van der Waals surface area contributed by atoms with E-state index in [4.69, 9.17) is 15.9 Å². The molecule has 2 heterocycles. The molecule has 0 saturated carbocycles. The van der Waals surface area contributed by atoms with Crippen LogP contribution in [0.5, 0.6) is 0 Å². The lowest BCUT2D eigenvalue weighted by Gasteiger charge is -2.40. The van der Waals surface area contributed by atoms with Gasteiger partial charge in [-0.3, -0.25) is 0 Å². The summed E-state index contributed by atoms with van der Waals surface area (Å²) in [5, 5.41) is 19.1. The zero-order valence-electron chi connectivity index (χ0n) is 13.7. The van der Waals surface area contributed by atoms with Crippen molar-refractivity contribution in [2.24, 2.45) is 5.92 Å². The predicted octanol–water partition coefficient (Wildman–Crippen LogP) is 0.205. The molecule has 0 aromatic carbocycles. The second kappa shape index (κ2) is 9.46. The number of nitrogen functional groups attached to an aromatic ring is 1. The molecular formula is C15H23N5O4. The fraction of sp³-hybridized carbons (Fsp3) is 0.467. The van der Waals surface area contributed by atoms with Crippen molar-refractivity contribution in [3.63, 3.8) is 0 Å². The third-order valence-corrected chi connectivity index (χ3v) is 3.05. The van der Waals surface area contributed by atoms with E-state index in [1.165, 1.54) is 0 Å². The first-order chi connectivity index (χ1) is 11.3. The summed E-state index contributed by atoms with van der Waals surface area (Å²) >= 11 is 0. The second-order valence-corrected chi connectivity index (χ2v) is 5.69. The largest absolute Gasteiger partial charge is 0.478 e. The average molecular weight is 337 g/mol. The van der Waals surface area contributed by atoms with Crippen LogP contribution < -0.4 is 16.0 Å². The molecule has 1 aliphatic heterocycles. The van der Waals surface area contributed by atoms with Gasteiger partial charge in [-0.05, 0) is 18.5 Å². The third kappa shape index (κ3) is 7.54. The highest BCUT2D eigenvalue weighted by Gasteiger charge is 2.27. The summed E-state index contributed by atoms with van der Waals surface area (Å²) in [6.45, 7) is 7.51. The number of hydrogen-bond acceptors (Lipinski definition) is 7. The lowest BCUT2D eigenvalue weighted by molar-refractivity contribution is -0.134. The fourth-order valence-corrected chi connectivity index (χ4v) is 1.88. The standard InChI is InChI=1S/C11H19N5.C4H4O4/c1-8(2)5-14-9-6-16(7-9)10-3-4-13-11(12)15-10;5-3(6)1-2-4(7)8/h3-4,8-9,14H,5-7H2,1-2H3,(H2,12,13,15);1-2H,(H,5,6)(H,7,8)/b;2-1+. The summed E-state index contributed by atoms with van der Waals surface area (Å²) in [6, 6.07) is 2.48. The van der Waals surface area contributed by atoms with Crippen LogP contribution in [0, 0.1) is 5.92 Å². The highest BCUT2D eigenvalue weighted by atomic mass is 16.4. The van der Waals surface area contributed by atoms with E-state index in [0.717, 1.165) is 25.5 Å². The Hall–Kier alpha value is -2.68.